The van der Waals surface area contributed by atoms with Crippen LogP contribution >= 0.6 is 0 Å². The number of hydrogen-bond acceptors (Lipinski definition) is 3. The van der Waals surface area contributed by atoms with E-state index in [1.165, 1.54) is 55.6 Å². The van der Waals surface area contributed by atoms with Crippen LogP contribution in [0.5, 0.6) is 23.0 Å². The zero-order chi connectivity index (χ0) is 54.6. The Hall–Kier alpha value is -10.7. The van der Waals surface area contributed by atoms with Crippen LogP contribution in [0.2, 0.25) is 0 Å². The predicted octanol–water partition coefficient (Wildman–Crippen LogP) is 20.8. The molecule has 2 aliphatic heterocycles. The van der Waals surface area contributed by atoms with E-state index < -0.39 is 10.8 Å². The van der Waals surface area contributed by atoms with Crippen molar-refractivity contribution >= 4 is 17.1 Å². The van der Waals surface area contributed by atoms with Gasteiger partial charge in [-0.15, -0.1) is 0 Å². The van der Waals surface area contributed by atoms with E-state index in [2.05, 4.69) is 314 Å². The standard InChI is InChI=1S/C80H51NO2/c1-2-21-52(22-3-1)53-41-43-54(44-42-53)59-25-6-14-35-73(59)81(58-24-20-23-55(49-58)56-46-48-67-64(50-56)62-28-5-9-30-66(62)79(67)68-31-10-16-37-75(68)82-76-38-17-11-32-69(76)79)74-36-15-7-26-60(74)57-45-47-63-61-27-4-8-29-65(61)80(72(63)51-57)70-33-12-18-39-77(70)83-78-40-19-13-34-71(78)80/h1-51H. The summed E-state index contributed by atoms with van der Waals surface area (Å²) >= 11 is 0. The largest absolute Gasteiger partial charge is 0.457 e. The summed E-state index contributed by atoms with van der Waals surface area (Å²) in [6.45, 7) is 0. The van der Waals surface area contributed by atoms with Gasteiger partial charge in [-0.2, -0.15) is 0 Å². The Bertz CT molecular complexity index is 4670. The van der Waals surface area contributed by atoms with Crippen LogP contribution in [0.15, 0.2) is 309 Å². The molecule has 0 saturated heterocycles. The number of rotatable bonds is 7. The molecule has 3 nitrogen and oxygen atoms in total. The summed E-state index contributed by atoms with van der Waals surface area (Å²) in [5.74, 6) is 3.54. The van der Waals surface area contributed by atoms with Crippen LogP contribution in [0, 0.1) is 0 Å². The molecule has 3 heteroatoms. The third kappa shape index (κ3) is 6.86. The van der Waals surface area contributed by atoms with Gasteiger partial charge in [-0.05, 0) is 139 Å². The second-order valence-corrected chi connectivity index (χ2v) is 22.2. The third-order valence-electron chi connectivity index (χ3n) is 18.0. The van der Waals surface area contributed by atoms with Gasteiger partial charge in [-0.1, -0.05) is 249 Å². The minimum Gasteiger partial charge on any atom is -0.457 e. The highest BCUT2D eigenvalue weighted by Gasteiger charge is 2.52. The molecule has 13 aromatic rings. The lowest BCUT2D eigenvalue weighted by Crippen LogP contribution is -2.32. The zero-order valence-corrected chi connectivity index (χ0v) is 45.2. The van der Waals surface area contributed by atoms with Crippen molar-refractivity contribution in [2.75, 3.05) is 4.90 Å². The summed E-state index contributed by atoms with van der Waals surface area (Å²) in [5.41, 5.74) is 25.8. The van der Waals surface area contributed by atoms with Crippen LogP contribution in [-0.4, -0.2) is 0 Å². The summed E-state index contributed by atoms with van der Waals surface area (Å²) in [5, 5.41) is 0. The van der Waals surface area contributed by atoms with Crippen molar-refractivity contribution in [1.29, 1.82) is 0 Å². The topological polar surface area (TPSA) is 21.7 Å². The lowest BCUT2D eigenvalue weighted by molar-refractivity contribution is 0.436. The van der Waals surface area contributed by atoms with Crippen LogP contribution in [0.25, 0.3) is 66.8 Å². The second kappa shape index (κ2) is 18.4. The molecule has 0 atom stereocenters. The first-order chi connectivity index (χ1) is 41.2. The average Bonchev–Trinajstić information content (AvgIpc) is 1.77. The van der Waals surface area contributed by atoms with Crippen LogP contribution in [-0.2, 0) is 10.8 Å². The van der Waals surface area contributed by atoms with Crippen molar-refractivity contribution in [3.05, 3.63) is 354 Å². The average molecular weight is 1060 g/mol. The van der Waals surface area contributed by atoms with E-state index >= 15 is 0 Å². The molecule has 13 aromatic carbocycles. The quantitative estimate of drug-likeness (QED) is 0.159. The highest BCUT2D eigenvalue weighted by atomic mass is 16.5. The maximum absolute atomic E-state index is 6.75. The first-order valence-electron chi connectivity index (χ1n) is 28.6. The lowest BCUT2D eigenvalue weighted by Gasteiger charge is -2.39. The van der Waals surface area contributed by atoms with Gasteiger partial charge in [0.25, 0.3) is 0 Å². The molecule has 0 bridgehead atoms. The Kier molecular flexibility index (Phi) is 10.4. The molecule has 0 saturated carbocycles. The minimum atomic E-state index is -0.609. The molecular weight excluding hydrogens is 1010 g/mol. The van der Waals surface area contributed by atoms with Crippen LogP contribution in [0.1, 0.15) is 44.5 Å². The van der Waals surface area contributed by atoms with E-state index in [0.29, 0.717) is 0 Å². The SMILES string of the molecule is c1ccc(-c2ccc(-c3ccccc3N(c3cccc(-c4ccc5c(c4)-c4ccccc4C54c5ccccc5Oc5ccccc54)c3)c3ccccc3-c3ccc4c(c3)C3(c5ccccc5Oc5ccccc53)c3ccccc3-4)cc2)cc1. The fraction of sp³-hybridized carbons (Fsp3) is 0.0250. The molecule has 0 aromatic heterocycles. The molecule has 0 unspecified atom stereocenters. The predicted molar refractivity (Wildman–Crippen MR) is 338 cm³/mol. The maximum Gasteiger partial charge on any atom is 0.132 e. The van der Waals surface area contributed by atoms with E-state index in [0.717, 1.165) is 95.7 Å². The monoisotopic (exact) mass is 1060 g/mol. The molecule has 2 aliphatic carbocycles. The Balaban J connectivity index is 0.859. The van der Waals surface area contributed by atoms with Crippen LogP contribution in [0.4, 0.5) is 17.1 Å². The number of nitrogens with zero attached hydrogens (tertiary/aromatic N) is 1. The molecule has 388 valence electrons. The van der Waals surface area contributed by atoms with Crippen molar-refractivity contribution in [3.63, 3.8) is 0 Å². The van der Waals surface area contributed by atoms with Crippen molar-refractivity contribution in [1.82, 2.24) is 0 Å². The molecule has 0 fully saturated rings. The Morgan fingerprint density at radius 1 is 0.205 bits per heavy atom. The number of ether oxygens (including phenoxy) is 2. The molecule has 2 spiro atoms. The first kappa shape index (κ1) is 47.1. The molecule has 0 radical (unpaired) electrons. The number of para-hydroxylation sites is 6. The van der Waals surface area contributed by atoms with Gasteiger partial charge in [0.1, 0.15) is 23.0 Å². The van der Waals surface area contributed by atoms with E-state index in [4.69, 9.17) is 9.47 Å². The zero-order valence-electron chi connectivity index (χ0n) is 45.2. The summed E-state index contributed by atoms with van der Waals surface area (Å²) in [4.78, 5) is 2.49. The summed E-state index contributed by atoms with van der Waals surface area (Å²) in [7, 11) is 0. The van der Waals surface area contributed by atoms with Gasteiger partial charge in [-0.25, -0.2) is 0 Å². The molecule has 0 amide bonds. The Morgan fingerprint density at radius 2 is 0.578 bits per heavy atom. The van der Waals surface area contributed by atoms with E-state index in [-0.39, 0.29) is 0 Å². The first-order valence-corrected chi connectivity index (χ1v) is 28.6. The fourth-order valence-corrected chi connectivity index (χ4v) is 14.6. The highest BCUT2D eigenvalue weighted by Crippen LogP contribution is 2.64. The van der Waals surface area contributed by atoms with Gasteiger partial charge in [0.05, 0.1) is 22.2 Å². The van der Waals surface area contributed by atoms with Crippen molar-refractivity contribution in [2.45, 2.75) is 10.8 Å². The molecule has 4 aliphatic rings. The smallest absolute Gasteiger partial charge is 0.132 e. The number of fused-ring (bicyclic) bond motifs is 18. The number of anilines is 3. The highest BCUT2D eigenvalue weighted by molar-refractivity contribution is 5.98. The summed E-state index contributed by atoms with van der Waals surface area (Å²) < 4.78 is 13.4. The van der Waals surface area contributed by atoms with Gasteiger partial charge in [0, 0.05) is 39.1 Å². The summed E-state index contributed by atoms with van der Waals surface area (Å²) in [6, 6.07) is 113. The third-order valence-corrected chi connectivity index (χ3v) is 18.0. The van der Waals surface area contributed by atoms with Gasteiger partial charge in [0.15, 0.2) is 0 Å². The Labute approximate surface area is 483 Å². The van der Waals surface area contributed by atoms with Gasteiger partial charge >= 0.3 is 0 Å². The van der Waals surface area contributed by atoms with E-state index in [9.17, 15) is 0 Å². The van der Waals surface area contributed by atoms with Gasteiger partial charge in [0.2, 0.25) is 0 Å². The molecule has 2 heterocycles. The maximum atomic E-state index is 6.75. The number of benzene rings is 13. The molecule has 83 heavy (non-hydrogen) atoms. The fourth-order valence-electron chi connectivity index (χ4n) is 14.6. The van der Waals surface area contributed by atoms with Gasteiger partial charge in [-0.3, -0.25) is 0 Å². The van der Waals surface area contributed by atoms with E-state index in [1.807, 2.05) is 0 Å². The Morgan fingerprint density at radius 3 is 1.16 bits per heavy atom. The lowest BCUT2D eigenvalue weighted by atomic mass is 9.66. The second-order valence-electron chi connectivity index (χ2n) is 22.2. The van der Waals surface area contributed by atoms with Crippen molar-refractivity contribution in [3.8, 4) is 89.8 Å². The van der Waals surface area contributed by atoms with Gasteiger partial charge < -0.3 is 14.4 Å². The molecule has 17 rings (SSSR count). The normalized spacial score (nSPS) is 13.7. The van der Waals surface area contributed by atoms with E-state index in [1.54, 1.807) is 0 Å². The van der Waals surface area contributed by atoms with Crippen LogP contribution < -0.4 is 14.4 Å². The van der Waals surface area contributed by atoms with Crippen molar-refractivity contribution < 1.29 is 9.47 Å². The molecular formula is C80H51NO2. The minimum absolute atomic E-state index is 0.543. The number of hydrogen-bond donors (Lipinski definition) is 0. The van der Waals surface area contributed by atoms with Crippen LogP contribution in [0.3, 0.4) is 0 Å². The van der Waals surface area contributed by atoms with Crippen molar-refractivity contribution in [2.24, 2.45) is 0 Å². The summed E-state index contributed by atoms with van der Waals surface area (Å²) in [6.07, 6.45) is 0. The molecule has 0 N–H and O–H groups in total.